The lowest BCUT2D eigenvalue weighted by molar-refractivity contribution is -0.138. The number of halogens is 3. The molecule has 0 bridgehead atoms. The summed E-state index contributed by atoms with van der Waals surface area (Å²) in [5, 5.41) is 10.1. The van der Waals surface area contributed by atoms with Crippen LogP contribution in [0.5, 0.6) is 0 Å². The zero-order chi connectivity index (χ0) is 22.8. The fraction of sp³-hybridized carbons (Fsp3) is 0.450. The number of nitriles is 1. The van der Waals surface area contributed by atoms with Gasteiger partial charge in [0.25, 0.3) is 0 Å². The highest BCUT2D eigenvalue weighted by Crippen LogP contribution is 2.36. The van der Waals surface area contributed by atoms with E-state index in [1.54, 1.807) is 0 Å². The third-order valence-corrected chi connectivity index (χ3v) is 5.84. The van der Waals surface area contributed by atoms with E-state index < -0.39 is 24.0 Å². The lowest BCUT2D eigenvalue weighted by Gasteiger charge is -2.26. The maximum atomic E-state index is 13.3. The second-order valence-corrected chi connectivity index (χ2v) is 7.64. The Morgan fingerprint density at radius 2 is 2.13 bits per heavy atom. The van der Waals surface area contributed by atoms with Gasteiger partial charge in [0.15, 0.2) is 15.8 Å². The SMILES string of the molecule is [2H]C(C)C(=O)N(Cc1cccc(C(F)(F)F)c1C)c1nc(N2CCOCC2)sc1C#N. The Labute approximate surface area is 177 Å². The fourth-order valence-corrected chi connectivity index (χ4v) is 4.11. The first-order valence-electron chi connectivity index (χ1n) is 9.84. The molecule has 0 saturated carbocycles. The van der Waals surface area contributed by atoms with Crippen molar-refractivity contribution in [3.8, 4) is 6.07 Å². The van der Waals surface area contributed by atoms with E-state index in [1.165, 1.54) is 26.0 Å². The van der Waals surface area contributed by atoms with Gasteiger partial charge in [-0.2, -0.15) is 18.4 Å². The third-order valence-electron chi connectivity index (χ3n) is 4.83. The Balaban J connectivity index is 2.03. The largest absolute Gasteiger partial charge is 0.416 e. The van der Waals surface area contributed by atoms with Crippen LogP contribution in [0.1, 0.15) is 36.3 Å². The number of hydrogen-bond donors (Lipinski definition) is 0. The van der Waals surface area contributed by atoms with Crippen LogP contribution in [0.3, 0.4) is 0 Å². The molecule has 0 radical (unpaired) electrons. The molecule has 0 N–H and O–H groups in total. The molecule has 0 spiro atoms. The summed E-state index contributed by atoms with van der Waals surface area (Å²) in [5.41, 5.74) is -0.523. The molecular weight excluding hydrogens is 417 g/mol. The molecule has 2 aromatic rings. The third kappa shape index (κ3) is 4.57. The zero-order valence-corrected chi connectivity index (χ0v) is 17.3. The summed E-state index contributed by atoms with van der Waals surface area (Å²) in [6, 6.07) is 5.79. The van der Waals surface area contributed by atoms with Crippen molar-refractivity contribution in [2.24, 2.45) is 0 Å². The van der Waals surface area contributed by atoms with Gasteiger partial charge in [0, 0.05) is 20.9 Å². The molecule has 1 saturated heterocycles. The summed E-state index contributed by atoms with van der Waals surface area (Å²) in [6.45, 7) is 4.66. The number of morpholine rings is 1. The number of ether oxygens (including phenoxy) is 1. The van der Waals surface area contributed by atoms with E-state index in [1.807, 2.05) is 11.0 Å². The van der Waals surface area contributed by atoms with Crippen LogP contribution in [0, 0.1) is 18.3 Å². The van der Waals surface area contributed by atoms with E-state index >= 15 is 0 Å². The monoisotopic (exact) mass is 439 g/mol. The minimum atomic E-state index is -4.53. The van der Waals surface area contributed by atoms with E-state index in [-0.39, 0.29) is 28.4 Å². The fourth-order valence-electron chi connectivity index (χ4n) is 3.19. The molecule has 1 aromatic carbocycles. The predicted molar refractivity (Wildman–Crippen MR) is 108 cm³/mol. The van der Waals surface area contributed by atoms with Gasteiger partial charge in [-0.1, -0.05) is 30.4 Å². The summed E-state index contributed by atoms with van der Waals surface area (Å²) in [7, 11) is 0. The van der Waals surface area contributed by atoms with Crippen LogP contribution in [0.25, 0.3) is 0 Å². The number of thiazole rings is 1. The van der Waals surface area contributed by atoms with Crippen molar-refractivity contribution < 1.29 is 24.1 Å². The normalized spacial score (nSPS) is 16.0. The predicted octanol–water partition coefficient (Wildman–Crippen LogP) is 4.12. The molecule has 160 valence electrons. The van der Waals surface area contributed by atoms with Crippen molar-refractivity contribution in [2.45, 2.75) is 33.0 Å². The van der Waals surface area contributed by atoms with Crippen LogP contribution in [0.4, 0.5) is 24.1 Å². The van der Waals surface area contributed by atoms with Gasteiger partial charge in [-0.05, 0) is 24.1 Å². The molecule has 10 heteroatoms. The highest BCUT2D eigenvalue weighted by molar-refractivity contribution is 7.16. The molecule has 2 heterocycles. The van der Waals surface area contributed by atoms with Gasteiger partial charge in [-0.25, -0.2) is 4.98 Å². The molecule has 1 aromatic heterocycles. The summed E-state index contributed by atoms with van der Waals surface area (Å²) in [6.07, 6.45) is -5.70. The van der Waals surface area contributed by atoms with Crippen LogP contribution in [0.2, 0.25) is 0 Å². The van der Waals surface area contributed by atoms with E-state index in [9.17, 15) is 23.2 Å². The first-order chi connectivity index (χ1) is 14.6. The average Bonchev–Trinajstić information content (AvgIpc) is 3.16. The van der Waals surface area contributed by atoms with Gasteiger partial charge in [0.1, 0.15) is 6.07 Å². The van der Waals surface area contributed by atoms with E-state index in [4.69, 9.17) is 6.11 Å². The van der Waals surface area contributed by atoms with Gasteiger partial charge in [0.05, 0.1) is 25.3 Å². The smallest absolute Gasteiger partial charge is 0.378 e. The van der Waals surface area contributed by atoms with E-state index in [0.717, 1.165) is 22.3 Å². The second-order valence-electron chi connectivity index (χ2n) is 6.66. The van der Waals surface area contributed by atoms with Crippen molar-refractivity contribution in [1.29, 1.82) is 5.26 Å². The number of hydrogen-bond acceptors (Lipinski definition) is 6. The van der Waals surface area contributed by atoms with Gasteiger partial charge in [-0.15, -0.1) is 0 Å². The highest BCUT2D eigenvalue weighted by atomic mass is 32.1. The Bertz CT molecular complexity index is 997. The highest BCUT2D eigenvalue weighted by Gasteiger charge is 2.33. The Hall–Kier alpha value is -2.64. The zero-order valence-electron chi connectivity index (χ0n) is 17.5. The number of aromatic nitrogens is 1. The number of carbonyl (C=O) groups excluding carboxylic acids is 1. The van der Waals surface area contributed by atoms with Crippen molar-refractivity contribution in [3.05, 3.63) is 39.8 Å². The van der Waals surface area contributed by atoms with Gasteiger partial charge in [0.2, 0.25) is 5.91 Å². The molecule has 6 nitrogen and oxygen atoms in total. The molecule has 1 amide bonds. The molecule has 1 aliphatic rings. The number of alkyl halides is 3. The topological polar surface area (TPSA) is 69.5 Å². The first kappa shape index (κ1) is 20.6. The lowest BCUT2D eigenvalue weighted by atomic mass is 10.0. The van der Waals surface area contributed by atoms with Crippen molar-refractivity contribution in [2.75, 3.05) is 36.1 Å². The number of benzene rings is 1. The van der Waals surface area contributed by atoms with Gasteiger partial charge in [-0.3, -0.25) is 9.69 Å². The maximum absolute atomic E-state index is 13.3. The lowest BCUT2D eigenvalue weighted by Crippen LogP contribution is -2.36. The van der Waals surface area contributed by atoms with Crippen LogP contribution in [0.15, 0.2) is 18.2 Å². The number of amides is 1. The number of rotatable bonds is 5. The molecule has 3 rings (SSSR count). The molecule has 30 heavy (non-hydrogen) atoms. The minimum Gasteiger partial charge on any atom is -0.378 e. The minimum absolute atomic E-state index is 0.00688. The summed E-state index contributed by atoms with van der Waals surface area (Å²) >= 11 is 1.11. The number of nitrogens with zero attached hydrogens (tertiary/aromatic N) is 4. The Morgan fingerprint density at radius 3 is 2.73 bits per heavy atom. The summed E-state index contributed by atoms with van der Waals surface area (Å²) in [5.74, 6) is -0.581. The summed E-state index contributed by atoms with van der Waals surface area (Å²) < 4.78 is 53.1. The standard InChI is InChI=1S/C20H21F3N4O2S/c1-3-17(28)27(12-14-5-4-6-15(13(14)2)20(21,22)23)18-16(11-24)30-19(25-18)26-7-9-29-10-8-26/h4-6H,3,7-10,12H2,1-2H3/i3D. The second kappa shape index (κ2) is 9.02. The first-order valence-corrected chi connectivity index (χ1v) is 10.1. The molecule has 1 fully saturated rings. The quantitative estimate of drug-likeness (QED) is 0.701. The maximum Gasteiger partial charge on any atom is 0.416 e. The van der Waals surface area contributed by atoms with Gasteiger partial charge < -0.3 is 9.64 Å². The van der Waals surface area contributed by atoms with Crippen LogP contribution in [-0.2, 0) is 22.3 Å². The van der Waals surface area contributed by atoms with E-state index in [2.05, 4.69) is 4.98 Å². The molecule has 1 atom stereocenters. The average molecular weight is 439 g/mol. The summed E-state index contributed by atoms with van der Waals surface area (Å²) in [4.78, 5) is 20.5. The Morgan fingerprint density at radius 1 is 1.43 bits per heavy atom. The molecule has 1 unspecified atom stereocenters. The van der Waals surface area contributed by atoms with E-state index in [0.29, 0.717) is 31.4 Å². The van der Waals surface area contributed by atoms with Crippen LogP contribution >= 0.6 is 11.3 Å². The van der Waals surface area contributed by atoms with Crippen molar-refractivity contribution in [1.82, 2.24) is 4.98 Å². The van der Waals surface area contributed by atoms with Crippen LogP contribution < -0.4 is 9.80 Å². The molecular formula is C20H21F3N4O2S. The van der Waals surface area contributed by atoms with Crippen LogP contribution in [-0.4, -0.2) is 37.2 Å². The molecule has 1 aliphatic heterocycles. The van der Waals surface area contributed by atoms with Crippen molar-refractivity contribution >= 4 is 28.2 Å². The number of carbonyl (C=O) groups is 1. The number of anilines is 2. The van der Waals surface area contributed by atoms with Gasteiger partial charge >= 0.3 is 6.18 Å². The Kier molecular flexibility index (Phi) is 6.20. The molecule has 0 aliphatic carbocycles. The van der Waals surface area contributed by atoms with Crippen molar-refractivity contribution in [3.63, 3.8) is 0 Å².